The summed E-state index contributed by atoms with van der Waals surface area (Å²) in [7, 11) is 0. The monoisotopic (exact) mass is 267 g/mol. The second-order valence-corrected chi connectivity index (χ2v) is 6.75. The lowest BCUT2D eigenvalue weighted by Gasteiger charge is -2.62. The summed E-state index contributed by atoms with van der Waals surface area (Å²) in [5, 5.41) is 5.54. The van der Waals surface area contributed by atoms with E-state index in [1.54, 1.807) is 11.3 Å². The highest BCUT2D eigenvalue weighted by molar-refractivity contribution is 7.07. The summed E-state index contributed by atoms with van der Waals surface area (Å²) in [5.41, 5.74) is 9.52. The first kappa shape index (κ1) is 12.5. The van der Waals surface area contributed by atoms with Crippen LogP contribution >= 0.6 is 11.3 Å². The maximum atomic E-state index is 6.64. The van der Waals surface area contributed by atoms with Crippen molar-refractivity contribution in [3.8, 4) is 0 Å². The Hall–Kier alpha value is -0.490. The fourth-order valence-corrected chi connectivity index (χ4v) is 4.11. The molecule has 1 aromatic heterocycles. The van der Waals surface area contributed by atoms with Crippen LogP contribution in [-0.2, 0) is 11.3 Å². The molecule has 0 radical (unpaired) electrons. The summed E-state index contributed by atoms with van der Waals surface area (Å²) in [6.45, 7) is 6.96. The van der Waals surface area contributed by atoms with E-state index in [4.69, 9.17) is 10.5 Å². The first-order chi connectivity index (χ1) is 8.56. The minimum Gasteiger partial charge on any atom is -0.377 e. The minimum absolute atomic E-state index is 0.0588. The van der Waals surface area contributed by atoms with Crippen molar-refractivity contribution >= 4 is 11.3 Å². The Morgan fingerprint density at radius 2 is 2.44 bits per heavy atom. The van der Waals surface area contributed by atoms with Crippen molar-refractivity contribution in [1.82, 2.24) is 10.3 Å². The van der Waals surface area contributed by atoms with E-state index in [-0.39, 0.29) is 11.0 Å². The molecule has 0 amide bonds. The number of rotatable bonds is 4. The van der Waals surface area contributed by atoms with Crippen LogP contribution in [0.25, 0.3) is 0 Å². The number of thiazole rings is 1. The van der Waals surface area contributed by atoms with Crippen LogP contribution in [0.5, 0.6) is 0 Å². The van der Waals surface area contributed by atoms with Crippen LogP contribution in [0.4, 0.5) is 0 Å². The maximum absolute atomic E-state index is 6.64. The van der Waals surface area contributed by atoms with Gasteiger partial charge in [0.2, 0.25) is 0 Å². The summed E-state index contributed by atoms with van der Waals surface area (Å²) in [6, 6.07) is 0. The zero-order chi connectivity index (χ0) is 12.8. The van der Waals surface area contributed by atoms with Gasteiger partial charge in [-0.25, -0.2) is 4.98 Å². The van der Waals surface area contributed by atoms with Gasteiger partial charge in [0, 0.05) is 41.9 Å². The topological polar surface area (TPSA) is 60.2 Å². The first-order valence-corrected chi connectivity index (χ1v) is 7.48. The predicted molar refractivity (Wildman–Crippen MR) is 72.4 cm³/mol. The van der Waals surface area contributed by atoms with Crippen molar-refractivity contribution < 1.29 is 4.74 Å². The minimum atomic E-state index is -0.149. The number of nitrogens with one attached hydrogen (secondary N) is 1. The quantitative estimate of drug-likeness (QED) is 0.865. The van der Waals surface area contributed by atoms with Crippen LogP contribution in [0.3, 0.4) is 0 Å². The average molecular weight is 267 g/mol. The number of nitrogens with zero attached hydrogens (tertiary/aromatic N) is 1. The smallest absolute Gasteiger partial charge is 0.0795 e. The summed E-state index contributed by atoms with van der Waals surface area (Å²) in [5.74, 6) is 0.510. The third-order valence-corrected chi connectivity index (χ3v) is 5.51. The van der Waals surface area contributed by atoms with Crippen LogP contribution in [0.2, 0.25) is 0 Å². The van der Waals surface area contributed by atoms with Gasteiger partial charge in [0.05, 0.1) is 17.3 Å². The van der Waals surface area contributed by atoms with E-state index in [1.165, 1.54) is 0 Å². The van der Waals surface area contributed by atoms with Crippen molar-refractivity contribution in [1.29, 1.82) is 0 Å². The van der Waals surface area contributed by atoms with Crippen LogP contribution in [0.1, 0.15) is 26.0 Å². The number of aromatic nitrogens is 1. The third kappa shape index (κ3) is 1.65. The van der Waals surface area contributed by atoms with E-state index >= 15 is 0 Å². The lowest BCUT2D eigenvalue weighted by molar-refractivity contribution is -0.153. The largest absolute Gasteiger partial charge is 0.377 e. The lowest BCUT2D eigenvalue weighted by Crippen LogP contribution is -2.77. The Morgan fingerprint density at radius 3 is 3.17 bits per heavy atom. The van der Waals surface area contributed by atoms with E-state index in [0.717, 1.165) is 31.8 Å². The van der Waals surface area contributed by atoms with Gasteiger partial charge < -0.3 is 15.8 Å². The molecule has 3 atom stereocenters. The molecule has 18 heavy (non-hydrogen) atoms. The van der Waals surface area contributed by atoms with Crippen LogP contribution in [0, 0.1) is 11.3 Å². The molecular weight excluding hydrogens is 246 g/mol. The fraction of sp³-hybridized carbons (Fsp3) is 0.769. The Balaban J connectivity index is 1.61. The van der Waals surface area contributed by atoms with Crippen LogP contribution in [0.15, 0.2) is 10.9 Å². The highest BCUT2D eigenvalue weighted by Gasteiger charge is 2.67. The van der Waals surface area contributed by atoms with Crippen LogP contribution in [-0.4, -0.2) is 29.8 Å². The molecule has 1 aromatic rings. The van der Waals surface area contributed by atoms with E-state index < -0.39 is 0 Å². The van der Waals surface area contributed by atoms with Crippen molar-refractivity contribution in [2.24, 2.45) is 17.1 Å². The Morgan fingerprint density at radius 1 is 1.61 bits per heavy atom. The van der Waals surface area contributed by atoms with E-state index in [9.17, 15) is 0 Å². The maximum Gasteiger partial charge on any atom is 0.0795 e. The summed E-state index contributed by atoms with van der Waals surface area (Å²) in [4.78, 5) is 4.27. The molecule has 3 N–H and O–H groups in total. The van der Waals surface area contributed by atoms with Crippen molar-refractivity contribution in [2.45, 2.75) is 38.5 Å². The Kier molecular flexibility index (Phi) is 2.97. The van der Waals surface area contributed by atoms with Crippen molar-refractivity contribution in [3.05, 3.63) is 16.6 Å². The Labute approximate surface area is 112 Å². The highest BCUT2D eigenvalue weighted by Crippen LogP contribution is 2.57. The molecule has 0 spiro atoms. The average Bonchev–Trinajstić information content (AvgIpc) is 2.99. The summed E-state index contributed by atoms with van der Waals surface area (Å²) in [6.07, 6.45) is 1.45. The zero-order valence-electron chi connectivity index (χ0n) is 11.0. The predicted octanol–water partition coefficient (Wildman–Crippen LogP) is 1.38. The second-order valence-electron chi connectivity index (χ2n) is 6.03. The summed E-state index contributed by atoms with van der Waals surface area (Å²) >= 11 is 1.63. The van der Waals surface area contributed by atoms with E-state index in [2.05, 4.69) is 29.5 Å². The lowest BCUT2D eigenvalue weighted by atomic mass is 9.48. The molecule has 5 heteroatoms. The van der Waals surface area contributed by atoms with Crippen molar-refractivity contribution in [3.63, 3.8) is 0 Å². The molecule has 100 valence electrons. The second kappa shape index (κ2) is 4.27. The molecule has 3 unspecified atom stereocenters. The van der Waals surface area contributed by atoms with Gasteiger partial charge in [0.15, 0.2) is 0 Å². The van der Waals surface area contributed by atoms with Gasteiger partial charge in [-0.15, -0.1) is 11.3 Å². The van der Waals surface area contributed by atoms with Gasteiger partial charge in [0.1, 0.15) is 0 Å². The van der Waals surface area contributed by atoms with Gasteiger partial charge >= 0.3 is 0 Å². The van der Waals surface area contributed by atoms with Gasteiger partial charge in [-0.05, 0) is 6.42 Å². The molecule has 2 aliphatic rings. The van der Waals surface area contributed by atoms with E-state index in [1.807, 2.05) is 5.51 Å². The molecule has 2 heterocycles. The van der Waals surface area contributed by atoms with Crippen molar-refractivity contribution in [2.75, 3.05) is 13.2 Å². The molecule has 4 nitrogen and oxygen atoms in total. The molecule has 1 saturated carbocycles. The normalized spacial score (nSPS) is 37.3. The Bertz CT molecular complexity index is 420. The van der Waals surface area contributed by atoms with Gasteiger partial charge in [-0.3, -0.25) is 0 Å². The molecule has 3 rings (SSSR count). The number of nitrogens with two attached hydrogens (primary N) is 1. The molecule has 1 saturated heterocycles. The first-order valence-electron chi connectivity index (χ1n) is 6.54. The van der Waals surface area contributed by atoms with E-state index in [0.29, 0.717) is 12.0 Å². The highest BCUT2D eigenvalue weighted by atomic mass is 32.1. The number of fused-ring (bicyclic) bond motifs is 1. The molecule has 2 fully saturated rings. The molecule has 1 aliphatic carbocycles. The third-order valence-electron chi connectivity index (χ3n) is 4.87. The van der Waals surface area contributed by atoms with Gasteiger partial charge in [0.25, 0.3) is 0 Å². The SMILES string of the molecule is CC1(C)C2OCCC2C1(N)CNCc1cscn1. The summed E-state index contributed by atoms with van der Waals surface area (Å²) < 4.78 is 5.80. The number of hydrogen-bond donors (Lipinski definition) is 2. The molecule has 0 aromatic carbocycles. The van der Waals surface area contributed by atoms with Gasteiger partial charge in [-0.2, -0.15) is 0 Å². The molecule has 0 bridgehead atoms. The zero-order valence-corrected chi connectivity index (χ0v) is 11.8. The van der Waals surface area contributed by atoms with Crippen LogP contribution < -0.4 is 11.1 Å². The van der Waals surface area contributed by atoms with Gasteiger partial charge in [-0.1, -0.05) is 13.8 Å². The standard InChI is InChI=1S/C13H21N3OS/c1-12(2)11-10(3-4-17-11)13(12,14)7-15-5-9-6-18-8-16-9/h6,8,10-11,15H,3-5,7,14H2,1-2H3. The number of ether oxygens (including phenoxy) is 1. The molecular formula is C13H21N3OS. The molecule has 1 aliphatic heterocycles. The fourth-order valence-electron chi connectivity index (χ4n) is 3.56. The number of hydrogen-bond acceptors (Lipinski definition) is 5.